The first-order valence-corrected chi connectivity index (χ1v) is 9.40. The van der Waals surface area contributed by atoms with E-state index in [0.29, 0.717) is 24.6 Å². The van der Waals surface area contributed by atoms with E-state index in [2.05, 4.69) is 34.6 Å². The number of rotatable bonds is 4. The van der Waals surface area contributed by atoms with Crippen LogP contribution in [0.5, 0.6) is 0 Å². The molecule has 1 aromatic heterocycles. The zero-order chi connectivity index (χ0) is 18.8. The van der Waals surface area contributed by atoms with Gasteiger partial charge in [0.1, 0.15) is 5.82 Å². The molecule has 1 aliphatic carbocycles. The fraction of sp³-hybridized carbons (Fsp3) is 0.318. The Morgan fingerprint density at radius 2 is 2.11 bits per heavy atom. The van der Waals surface area contributed by atoms with E-state index in [1.54, 1.807) is 23.2 Å². The van der Waals surface area contributed by atoms with E-state index < -0.39 is 0 Å². The summed E-state index contributed by atoms with van der Waals surface area (Å²) >= 11 is 0. The normalized spacial score (nSPS) is 18.1. The second-order valence-electron chi connectivity index (χ2n) is 7.31. The average molecular weight is 361 g/mol. The number of anilines is 1. The maximum Gasteiger partial charge on any atom is 0.246 e. The fourth-order valence-corrected chi connectivity index (χ4v) is 3.92. The van der Waals surface area contributed by atoms with Gasteiger partial charge in [-0.15, -0.1) is 0 Å². The Bertz CT molecular complexity index is 920. The lowest BCUT2D eigenvalue weighted by Crippen LogP contribution is -2.29. The summed E-state index contributed by atoms with van der Waals surface area (Å²) in [7, 11) is 1.86. The lowest BCUT2D eigenvalue weighted by atomic mass is 10.0. The number of pyridine rings is 1. The minimum Gasteiger partial charge on any atom is -0.342 e. The molecule has 27 heavy (non-hydrogen) atoms. The summed E-state index contributed by atoms with van der Waals surface area (Å²) in [5.74, 6) is 1.04. The van der Waals surface area contributed by atoms with E-state index in [1.165, 1.54) is 11.1 Å². The topological polar surface area (TPSA) is 62.3 Å². The number of nitrogens with zero attached hydrogens (tertiary/aromatic N) is 2. The first kappa shape index (κ1) is 17.5. The summed E-state index contributed by atoms with van der Waals surface area (Å²) in [4.78, 5) is 30.0. The van der Waals surface area contributed by atoms with Gasteiger partial charge in [0.15, 0.2) is 0 Å². The van der Waals surface area contributed by atoms with Gasteiger partial charge >= 0.3 is 0 Å². The molecule has 0 radical (unpaired) electrons. The number of carbonyl (C=O) groups excluding carboxylic acids is 2. The van der Waals surface area contributed by atoms with Crippen molar-refractivity contribution in [2.24, 2.45) is 0 Å². The first-order chi connectivity index (χ1) is 13.1. The number of aryl methyl sites for hydroxylation is 2. The Morgan fingerprint density at radius 3 is 3.00 bits per heavy atom. The second-order valence-corrected chi connectivity index (χ2v) is 7.31. The van der Waals surface area contributed by atoms with E-state index in [0.717, 1.165) is 30.5 Å². The maximum atomic E-state index is 12.5. The Labute approximate surface area is 159 Å². The van der Waals surface area contributed by atoms with E-state index in [1.807, 2.05) is 13.1 Å². The molecule has 5 nitrogen and oxygen atoms in total. The molecule has 2 heterocycles. The van der Waals surface area contributed by atoms with Crippen LogP contribution in [0, 0.1) is 0 Å². The van der Waals surface area contributed by atoms with Crippen molar-refractivity contribution >= 4 is 23.7 Å². The van der Waals surface area contributed by atoms with Crippen LogP contribution in [0.3, 0.4) is 0 Å². The third-order valence-corrected chi connectivity index (χ3v) is 5.41. The third-order valence-electron chi connectivity index (χ3n) is 5.41. The lowest BCUT2D eigenvalue weighted by Gasteiger charge is -2.20. The number of amides is 2. The molecular weight excluding hydrogens is 338 g/mol. The summed E-state index contributed by atoms with van der Waals surface area (Å²) < 4.78 is 0. The molecule has 1 atom stereocenters. The molecule has 138 valence electrons. The highest BCUT2D eigenvalue weighted by Gasteiger charge is 2.24. The van der Waals surface area contributed by atoms with Crippen LogP contribution < -0.4 is 5.32 Å². The summed E-state index contributed by atoms with van der Waals surface area (Å²) in [6.07, 6.45) is 8.44. The SMILES string of the molecule is CN(CC1CCc2ccccc21)C(=O)C=Cc1cnc2c(c1)CCC(=O)N2. The molecule has 0 fully saturated rings. The molecule has 5 heteroatoms. The number of fused-ring (bicyclic) bond motifs is 2. The van der Waals surface area contributed by atoms with Gasteiger partial charge in [-0.2, -0.15) is 0 Å². The predicted octanol–water partition coefficient (Wildman–Crippen LogP) is 3.17. The van der Waals surface area contributed by atoms with E-state index in [4.69, 9.17) is 0 Å². The van der Waals surface area contributed by atoms with Gasteiger partial charge in [0.05, 0.1) is 0 Å². The quantitative estimate of drug-likeness (QED) is 0.851. The van der Waals surface area contributed by atoms with Crippen molar-refractivity contribution in [3.63, 3.8) is 0 Å². The molecule has 0 saturated carbocycles. The molecule has 0 spiro atoms. The van der Waals surface area contributed by atoms with Gasteiger partial charge < -0.3 is 10.2 Å². The van der Waals surface area contributed by atoms with Gasteiger partial charge in [0, 0.05) is 38.2 Å². The van der Waals surface area contributed by atoms with Crippen LogP contribution in [-0.4, -0.2) is 35.3 Å². The first-order valence-electron chi connectivity index (χ1n) is 9.40. The van der Waals surface area contributed by atoms with E-state index >= 15 is 0 Å². The van der Waals surface area contributed by atoms with Gasteiger partial charge in [0.2, 0.25) is 11.8 Å². The predicted molar refractivity (Wildman–Crippen MR) is 105 cm³/mol. The molecule has 1 aromatic carbocycles. The van der Waals surface area contributed by atoms with Crippen LogP contribution >= 0.6 is 0 Å². The highest BCUT2D eigenvalue weighted by molar-refractivity contribution is 5.93. The molecule has 2 aliphatic rings. The van der Waals surface area contributed by atoms with Crippen LogP contribution in [-0.2, 0) is 22.4 Å². The zero-order valence-corrected chi connectivity index (χ0v) is 15.4. The Kier molecular flexibility index (Phi) is 4.75. The maximum absolute atomic E-state index is 12.5. The number of nitrogens with one attached hydrogen (secondary N) is 1. The van der Waals surface area contributed by atoms with Gasteiger partial charge in [-0.3, -0.25) is 9.59 Å². The lowest BCUT2D eigenvalue weighted by molar-refractivity contribution is -0.125. The second kappa shape index (κ2) is 7.35. The molecule has 0 bridgehead atoms. The van der Waals surface area contributed by atoms with Crippen LogP contribution in [0.1, 0.15) is 41.0 Å². The Balaban J connectivity index is 1.39. The van der Waals surface area contributed by atoms with E-state index in [9.17, 15) is 9.59 Å². The Hall–Kier alpha value is -2.95. The van der Waals surface area contributed by atoms with Crippen LogP contribution in [0.2, 0.25) is 0 Å². The highest BCUT2D eigenvalue weighted by Crippen LogP contribution is 2.33. The Morgan fingerprint density at radius 1 is 1.26 bits per heavy atom. The molecule has 1 unspecified atom stereocenters. The molecule has 0 saturated heterocycles. The largest absolute Gasteiger partial charge is 0.342 e. The number of benzene rings is 1. The molecule has 4 rings (SSSR count). The van der Waals surface area contributed by atoms with Gasteiger partial charge in [-0.25, -0.2) is 4.98 Å². The minimum absolute atomic E-state index is 0.00332. The van der Waals surface area contributed by atoms with Crippen LogP contribution in [0.4, 0.5) is 5.82 Å². The molecule has 2 amide bonds. The van der Waals surface area contributed by atoms with Gasteiger partial charge in [0.25, 0.3) is 0 Å². The summed E-state index contributed by atoms with van der Waals surface area (Å²) in [5, 5.41) is 2.77. The van der Waals surface area contributed by atoms with Gasteiger partial charge in [-0.05, 0) is 53.7 Å². The van der Waals surface area contributed by atoms with Crippen molar-refractivity contribution in [2.75, 3.05) is 18.9 Å². The van der Waals surface area contributed by atoms with Crippen molar-refractivity contribution in [3.05, 3.63) is 64.9 Å². The molecule has 2 aromatic rings. The summed E-state index contributed by atoms with van der Waals surface area (Å²) in [6, 6.07) is 10.5. The number of aromatic nitrogens is 1. The number of likely N-dealkylation sites (N-methyl/N-ethyl adjacent to an activating group) is 1. The van der Waals surface area contributed by atoms with Crippen molar-refractivity contribution in [1.29, 1.82) is 0 Å². The highest BCUT2D eigenvalue weighted by atomic mass is 16.2. The number of hydrogen-bond donors (Lipinski definition) is 1. The summed E-state index contributed by atoms with van der Waals surface area (Å²) in [5.41, 5.74) is 4.67. The zero-order valence-electron chi connectivity index (χ0n) is 15.4. The monoisotopic (exact) mass is 361 g/mol. The van der Waals surface area contributed by atoms with Crippen molar-refractivity contribution in [1.82, 2.24) is 9.88 Å². The fourth-order valence-electron chi connectivity index (χ4n) is 3.92. The number of hydrogen-bond acceptors (Lipinski definition) is 3. The van der Waals surface area contributed by atoms with Crippen molar-refractivity contribution in [3.8, 4) is 0 Å². The van der Waals surface area contributed by atoms with E-state index in [-0.39, 0.29) is 11.8 Å². The average Bonchev–Trinajstić information content (AvgIpc) is 3.09. The standard InChI is InChI=1S/C22H23N3O2/c1-25(14-18-8-7-16-4-2-3-5-19(16)18)21(27)11-6-15-12-17-9-10-20(26)24-22(17)23-13-15/h2-6,11-13,18H,7-10,14H2,1H3,(H,23,24,26). The van der Waals surface area contributed by atoms with Gasteiger partial charge in [-0.1, -0.05) is 24.3 Å². The van der Waals surface area contributed by atoms with Crippen LogP contribution in [0.15, 0.2) is 42.6 Å². The number of carbonyl (C=O) groups is 2. The summed E-state index contributed by atoms with van der Waals surface area (Å²) in [6.45, 7) is 0.731. The van der Waals surface area contributed by atoms with Crippen LogP contribution in [0.25, 0.3) is 6.08 Å². The smallest absolute Gasteiger partial charge is 0.246 e. The molecule has 1 N–H and O–H groups in total. The molecular formula is C22H23N3O2. The van der Waals surface area contributed by atoms with Crippen molar-refractivity contribution in [2.45, 2.75) is 31.6 Å². The third kappa shape index (κ3) is 3.77. The minimum atomic E-state index is -0.00888. The molecule has 1 aliphatic heterocycles. The van der Waals surface area contributed by atoms with Crippen molar-refractivity contribution < 1.29 is 9.59 Å².